The van der Waals surface area contributed by atoms with E-state index in [0.717, 1.165) is 9.40 Å². The Labute approximate surface area is 128 Å². The SMILES string of the molecule is N#Cc1ccc(CNC(=O)c2cc3sccc3s2)c(F)c1. The van der Waals surface area contributed by atoms with E-state index in [1.807, 2.05) is 23.6 Å². The molecule has 0 aliphatic rings. The number of hydrogen-bond donors (Lipinski definition) is 1. The summed E-state index contributed by atoms with van der Waals surface area (Å²) in [6, 6.07) is 9.91. The van der Waals surface area contributed by atoms with Crippen molar-refractivity contribution >= 4 is 38.0 Å². The molecule has 0 bridgehead atoms. The highest BCUT2D eigenvalue weighted by atomic mass is 32.1. The van der Waals surface area contributed by atoms with Gasteiger partial charge in [-0.1, -0.05) is 6.07 Å². The number of nitrogens with zero attached hydrogens (tertiary/aromatic N) is 1. The molecule has 1 amide bonds. The van der Waals surface area contributed by atoms with Crippen LogP contribution in [0.4, 0.5) is 4.39 Å². The van der Waals surface area contributed by atoms with E-state index in [1.54, 1.807) is 11.3 Å². The lowest BCUT2D eigenvalue weighted by Gasteiger charge is -2.05. The van der Waals surface area contributed by atoms with Crippen molar-refractivity contribution in [3.63, 3.8) is 0 Å². The third-order valence-electron chi connectivity index (χ3n) is 2.98. The van der Waals surface area contributed by atoms with Gasteiger partial charge in [0, 0.05) is 21.5 Å². The largest absolute Gasteiger partial charge is 0.347 e. The van der Waals surface area contributed by atoms with E-state index < -0.39 is 5.82 Å². The molecule has 0 fully saturated rings. The number of nitrogens with one attached hydrogen (secondary N) is 1. The number of carbonyl (C=O) groups excluding carboxylic acids is 1. The van der Waals surface area contributed by atoms with Crippen LogP contribution in [0.25, 0.3) is 9.40 Å². The third-order valence-corrected chi connectivity index (χ3v) is 5.08. The number of halogens is 1. The van der Waals surface area contributed by atoms with Gasteiger partial charge in [0.25, 0.3) is 5.91 Å². The van der Waals surface area contributed by atoms with Crippen LogP contribution in [0.1, 0.15) is 20.8 Å². The number of carbonyl (C=O) groups is 1. The number of amides is 1. The summed E-state index contributed by atoms with van der Waals surface area (Å²) in [4.78, 5) is 12.7. The van der Waals surface area contributed by atoms with E-state index in [2.05, 4.69) is 5.32 Å². The highest BCUT2D eigenvalue weighted by Gasteiger charge is 2.12. The molecule has 1 aromatic carbocycles. The summed E-state index contributed by atoms with van der Waals surface area (Å²) in [5.41, 5.74) is 0.627. The van der Waals surface area contributed by atoms with Crippen LogP contribution in [-0.2, 0) is 6.54 Å². The van der Waals surface area contributed by atoms with Crippen molar-refractivity contribution in [2.24, 2.45) is 0 Å². The van der Waals surface area contributed by atoms with Crippen LogP contribution in [0.3, 0.4) is 0 Å². The summed E-state index contributed by atoms with van der Waals surface area (Å²) in [5, 5.41) is 13.4. The van der Waals surface area contributed by atoms with Gasteiger partial charge in [-0.2, -0.15) is 5.26 Å². The smallest absolute Gasteiger partial charge is 0.261 e. The van der Waals surface area contributed by atoms with Crippen molar-refractivity contribution in [1.29, 1.82) is 5.26 Å². The van der Waals surface area contributed by atoms with Crippen molar-refractivity contribution in [3.05, 3.63) is 57.5 Å². The lowest BCUT2D eigenvalue weighted by atomic mass is 10.1. The number of benzene rings is 1. The van der Waals surface area contributed by atoms with Gasteiger partial charge in [0.05, 0.1) is 16.5 Å². The summed E-state index contributed by atoms with van der Waals surface area (Å²) < 4.78 is 15.9. The molecule has 0 aliphatic heterocycles. The number of hydrogen-bond acceptors (Lipinski definition) is 4. The van der Waals surface area contributed by atoms with Crippen LogP contribution >= 0.6 is 22.7 Å². The average molecular weight is 316 g/mol. The third kappa shape index (κ3) is 2.79. The molecular weight excluding hydrogens is 307 g/mol. The maximum Gasteiger partial charge on any atom is 0.261 e. The summed E-state index contributed by atoms with van der Waals surface area (Å²) >= 11 is 3.01. The Morgan fingerprint density at radius 3 is 2.86 bits per heavy atom. The molecule has 0 saturated carbocycles. The topological polar surface area (TPSA) is 52.9 Å². The van der Waals surface area contributed by atoms with Crippen molar-refractivity contribution in [2.45, 2.75) is 6.54 Å². The zero-order chi connectivity index (χ0) is 14.8. The molecule has 0 saturated heterocycles. The summed E-state index contributed by atoms with van der Waals surface area (Å²) in [6.07, 6.45) is 0. The fourth-order valence-electron chi connectivity index (χ4n) is 1.90. The van der Waals surface area contributed by atoms with Crippen molar-refractivity contribution in [1.82, 2.24) is 5.32 Å². The van der Waals surface area contributed by atoms with Gasteiger partial charge < -0.3 is 5.32 Å². The Bertz CT molecular complexity index is 832. The van der Waals surface area contributed by atoms with E-state index in [4.69, 9.17) is 5.26 Å². The van der Waals surface area contributed by atoms with Gasteiger partial charge in [0.1, 0.15) is 5.82 Å². The summed E-state index contributed by atoms with van der Waals surface area (Å²) in [5.74, 6) is -0.700. The van der Waals surface area contributed by atoms with Gasteiger partial charge in [-0.25, -0.2) is 4.39 Å². The minimum atomic E-state index is -0.485. The van der Waals surface area contributed by atoms with Gasteiger partial charge in [0.15, 0.2) is 0 Å². The molecule has 2 aromatic heterocycles. The second kappa shape index (κ2) is 5.64. The maximum absolute atomic E-state index is 13.7. The zero-order valence-corrected chi connectivity index (χ0v) is 12.4. The van der Waals surface area contributed by atoms with E-state index >= 15 is 0 Å². The Morgan fingerprint density at radius 1 is 1.29 bits per heavy atom. The van der Waals surface area contributed by atoms with Crippen LogP contribution in [-0.4, -0.2) is 5.91 Å². The number of fused-ring (bicyclic) bond motifs is 1. The Hall–Kier alpha value is -2.23. The molecule has 3 rings (SSSR count). The predicted octanol–water partition coefficient (Wildman–Crippen LogP) is 3.90. The Kier molecular flexibility index (Phi) is 3.69. The van der Waals surface area contributed by atoms with Crippen molar-refractivity contribution < 1.29 is 9.18 Å². The maximum atomic E-state index is 13.7. The molecule has 1 N–H and O–H groups in total. The average Bonchev–Trinajstić information content (AvgIpc) is 3.06. The fraction of sp³-hybridized carbons (Fsp3) is 0.0667. The fourth-order valence-corrected chi connectivity index (χ4v) is 3.93. The van der Waals surface area contributed by atoms with Gasteiger partial charge in [-0.05, 0) is 29.6 Å². The highest BCUT2D eigenvalue weighted by Crippen LogP contribution is 2.29. The quantitative estimate of drug-likeness (QED) is 0.796. The lowest BCUT2D eigenvalue weighted by molar-refractivity contribution is 0.0954. The van der Waals surface area contributed by atoms with Crippen LogP contribution in [0.5, 0.6) is 0 Å². The molecule has 2 heterocycles. The molecule has 0 atom stereocenters. The van der Waals surface area contributed by atoms with Gasteiger partial charge >= 0.3 is 0 Å². The first kappa shape index (κ1) is 13.7. The minimum Gasteiger partial charge on any atom is -0.347 e. The molecule has 0 radical (unpaired) electrons. The van der Waals surface area contributed by atoms with E-state index in [1.165, 1.54) is 29.5 Å². The van der Waals surface area contributed by atoms with Crippen molar-refractivity contribution in [2.75, 3.05) is 0 Å². The number of rotatable bonds is 3. The molecule has 0 aliphatic carbocycles. The first-order valence-electron chi connectivity index (χ1n) is 6.11. The molecular formula is C15H9FN2OS2. The normalized spacial score (nSPS) is 10.5. The van der Waals surface area contributed by atoms with Gasteiger partial charge in [0.2, 0.25) is 0 Å². The Balaban J connectivity index is 1.71. The molecule has 3 aromatic rings. The van der Waals surface area contributed by atoms with Crippen LogP contribution in [0, 0.1) is 17.1 Å². The molecule has 3 nitrogen and oxygen atoms in total. The summed E-state index contributed by atoms with van der Waals surface area (Å²) in [6.45, 7) is 0.0991. The van der Waals surface area contributed by atoms with Crippen LogP contribution in [0.15, 0.2) is 35.7 Å². The Morgan fingerprint density at radius 2 is 2.14 bits per heavy atom. The van der Waals surface area contributed by atoms with E-state index in [9.17, 15) is 9.18 Å². The summed E-state index contributed by atoms with van der Waals surface area (Å²) in [7, 11) is 0. The van der Waals surface area contributed by atoms with E-state index in [-0.39, 0.29) is 18.0 Å². The van der Waals surface area contributed by atoms with E-state index in [0.29, 0.717) is 10.4 Å². The number of nitriles is 1. The minimum absolute atomic E-state index is 0.0991. The van der Waals surface area contributed by atoms with Gasteiger partial charge in [-0.15, -0.1) is 22.7 Å². The first-order valence-corrected chi connectivity index (χ1v) is 7.81. The predicted molar refractivity (Wildman–Crippen MR) is 82.0 cm³/mol. The zero-order valence-electron chi connectivity index (χ0n) is 10.7. The standard InChI is InChI=1S/C15H9FN2OS2/c16-11-5-9(7-17)1-2-10(11)8-18-15(19)14-6-13-12(21-14)3-4-20-13/h1-6H,8H2,(H,18,19). The van der Waals surface area contributed by atoms with Crippen molar-refractivity contribution in [3.8, 4) is 6.07 Å². The second-order valence-corrected chi connectivity index (χ2v) is 6.39. The first-order chi connectivity index (χ1) is 10.2. The van der Waals surface area contributed by atoms with Crippen LogP contribution in [0.2, 0.25) is 0 Å². The van der Waals surface area contributed by atoms with Gasteiger partial charge in [-0.3, -0.25) is 4.79 Å². The molecule has 104 valence electrons. The molecule has 21 heavy (non-hydrogen) atoms. The molecule has 0 spiro atoms. The number of thiophene rings is 2. The highest BCUT2D eigenvalue weighted by molar-refractivity contribution is 7.27. The van der Waals surface area contributed by atoms with Crippen LogP contribution < -0.4 is 5.32 Å². The lowest BCUT2D eigenvalue weighted by Crippen LogP contribution is -2.22. The molecule has 0 unspecified atom stereocenters. The monoisotopic (exact) mass is 316 g/mol. The second-order valence-electron chi connectivity index (χ2n) is 4.36. The molecule has 6 heteroatoms.